The van der Waals surface area contributed by atoms with Crippen LogP contribution in [-0.4, -0.2) is 37.3 Å². The molecule has 0 amide bonds. The van der Waals surface area contributed by atoms with Crippen LogP contribution in [0.25, 0.3) is 27.0 Å². The van der Waals surface area contributed by atoms with Crippen molar-refractivity contribution in [3.8, 4) is 22.6 Å². The van der Waals surface area contributed by atoms with Crippen molar-refractivity contribution in [1.29, 1.82) is 0 Å². The third-order valence-corrected chi connectivity index (χ3v) is 6.47. The molecule has 0 aliphatic rings. The predicted molar refractivity (Wildman–Crippen MR) is 121 cm³/mol. The summed E-state index contributed by atoms with van der Waals surface area (Å²) in [5.74, 6) is 1.65. The van der Waals surface area contributed by atoms with Gasteiger partial charge in [0.25, 0.3) is 5.56 Å². The molecule has 31 heavy (non-hydrogen) atoms. The van der Waals surface area contributed by atoms with Gasteiger partial charge in [0.05, 0.1) is 18.2 Å². The van der Waals surface area contributed by atoms with Gasteiger partial charge in [0.2, 0.25) is 5.16 Å². The minimum atomic E-state index is -0.148. The van der Waals surface area contributed by atoms with E-state index in [4.69, 9.17) is 4.74 Å². The molecule has 3 aromatic heterocycles. The van der Waals surface area contributed by atoms with Crippen LogP contribution in [0, 0.1) is 0 Å². The Morgan fingerprint density at radius 2 is 1.94 bits per heavy atom. The normalized spacial score (nSPS) is 11.1. The number of ether oxygens (including phenoxy) is 1. The maximum Gasteiger partial charge on any atom is 0.260 e. The molecule has 8 nitrogen and oxygen atoms in total. The van der Waals surface area contributed by atoms with Crippen molar-refractivity contribution in [2.45, 2.75) is 10.9 Å². The van der Waals surface area contributed by atoms with E-state index in [1.165, 1.54) is 23.1 Å². The largest absolute Gasteiger partial charge is 0.494 e. The van der Waals surface area contributed by atoms with Crippen LogP contribution in [0.3, 0.4) is 0 Å². The van der Waals surface area contributed by atoms with Crippen LogP contribution in [0.5, 0.6) is 5.75 Å². The number of nitrogens with one attached hydrogen (secondary N) is 1. The van der Waals surface area contributed by atoms with Crippen LogP contribution in [0.2, 0.25) is 0 Å². The smallest absolute Gasteiger partial charge is 0.260 e. The number of aromatic amines is 1. The zero-order chi connectivity index (χ0) is 21.2. The Morgan fingerprint density at radius 1 is 1.13 bits per heavy atom. The van der Waals surface area contributed by atoms with Crippen LogP contribution in [-0.2, 0) is 5.75 Å². The minimum absolute atomic E-state index is 0.148. The summed E-state index contributed by atoms with van der Waals surface area (Å²) in [5, 5.41) is 15.1. The lowest BCUT2D eigenvalue weighted by Crippen LogP contribution is -2.11. The average Bonchev–Trinajstić information content (AvgIpc) is 3.45. The second-order valence-electron chi connectivity index (χ2n) is 6.54. The van der Waals surface area contributed by atoms with Gasteiger partial charge in [0.1, 0.15) is 22.1 Å². The van der Waals surface area contributed by atoms with Crippen molar-refractivity contribution in [3.05, 3.63) is 76.2 Å². The van der Waals surface area contributed by atoms with Gasteiger partial charge in [-0.1, -0.05) is 54.2 Å². The number of thiophene rings is 1. The van der Waals surface area contributed by atoms with Crippen molar-refractivity contribution in [3.63, 3.8) is 0 Å². The topological polar surface area (TPSA) is 98.6 Å². The Labute approximate surface area is 184 Å². The molecule has 0 aliphatic carbocycles. The predicted octanol–water partition coefficient (Wildman–Crippen LogP) is 3.93. The zero-order valence-electron chi connectivity index (χ0n) is 16.3. The van der Waals surface area contributed by atoms with E-state index in [1.807, 2.05) is 60.0 Å². The third-order valence-electron chi connectivity index (χ3n) is 4.67. The maximum absolute atomic E-state index is 12.8. The average molecular weight is 449 g/mol. The number of benzene rings is 2. The van der Waals surface area contributed by atoms with E-state index in [0.29, 0.717) is 32.7 Å². The first-order valence-electron chi connectivity index (χ1n) is 9.35. The number of methoxy groups -OCH3 is 1. The van der Waals surface area contributed by atoms with Crippen molar-refractivity contribution < 1.29 is 4.74 Å². The lowest BCUT2D eigenvalue weighted by atomic mass is 10.1. The summed E-state index contributed by atoms with van der Waals surface area (Å²) >= 11 is 2.85. The van der Waals surface area contributed by atoms with E-state index in [1.54, 1.807) is 11.8 Å². The van der Waals surface area contributed by atoms with Crippen molar-refractivity contribution in [1.82, 2.24) is 30.2 Å². The van der Waals surface area contributed by atoms with E-state index in [-0.39, 0.29) is 5.56 Å². The number of thioether (sulfide) groups is 1. The number of hydrogen-bond donors (Lipinski definition) is 1. The van der Waals surface area contributed by atoms with Crippen molar-refractivity contribution >= 4 is 33.3 Å². The second kappa shape index (κ2) is 8.32. The Bertz CT molecular complexity index is 1410. The summed E-state index contributed by atoms with van der Waals surface area (Å²) in [5.41, 5.74) is 2.48. The van der Waals surface area contributed by atoms with E-state index in [9.17, 15) is 4.79 Å². The van der Waals surface area contributed by atoms with Gasteiger partial charge in [0.15, 0.2) is 0 Å². The monoisotopic (exact) mass is 448 g/mol. The molecule has 0 unspecified atom stereocenters. The highest BCUT2D eigenvalue weighted by Gasteiger charge is 2.16. The molecule has 1 N–H and O–H groups in total. The fourth-order valence-corrected chi connectivity index (χ4v) is 4.97. The highest BCUT2D eigenvalue weighted by atomic mass is 32.2. The standard InChI is InChI=1S/C21H16N6O2S2/c1-29-16-10-6-5-9-15(16)27-21(24-25-26-27)31-12-17-22-19(28)18-14(11-30-20(18)23-17)13-7-3-2-4-8-13/h2-11H,12H2,1H3,(H,22,23,28). The molecule has 2 aromatic carbocycles. The lowest BCUT2D eigenvalue weighted by molar-refractivity contribution is 0.410. The number of tetrazole rings is 1. The Kier molecular flexibility index (Phi) is 5.23. The van der Waals surface area contributed by atoms with Crippen LogP contribution >= 0.6 is 23.1 Å². The Balaban J connectivity index is 1.43. The third kappa shape index (κ3) is 3.71. The molecule has 0 aliphatic heterocycles. The summed E-state index contributed by atoms with van der Waals surface area (Å²) in [6, 6.07) is 17.3. The molecule has 0 spiro atoms. The molecule has 10 heteroatoms. The van der Waals surface area contributed by atoms with E-state index < -0.39 is 0 Å². The number of aromatic nitrogens is 6. The van der Waals surface area contributed by atoms with Gasteiger partial charge in [-0.2, -0.15) is 4.68 Å². The molecule has 0 saturated heterocycles. The number of nitrogens with zero attached hydrogens (tertiary/aromatic N) is 5. The molecule has 154 valence electrons. The van der Waals surface area contributed by atoms with E-state index in [2.05, 4.69) is 25.5 Å². The van der Waals surface area contributed by atoms with Crippen molar-refractivity contribution in [2.24, 2.45) is 0 Å². The fraction of sp³-hybridized carbons (Fsp3) is 0.0952. The molecule has 3 heterocycles. The second-order valence-corrected chi connectivity index (χ2v) is 8.34. The van der Waals surface area contributed by atoms with Gasteiger partial charge in [0, 0.05) is 10.9 Å². The van der Waals surface area contributed by atoms with Gasteiger partial charge in [-0.15, -0.1) is 16.4 Å². The maximum atomic E-state index is 12.8. The summed E-state index contributed by atoms with van der Waals surface area (Å²) in [6.45, 7) is 0. The van der Waals surface area contributed by atoms with Crippen molar-refractivity contribution in [2.75, 3.05) is 7.11 Å². The molecule has 0 radical (unpaired) electrons. The SMILES string of the molecule is COc1ccccc1-n1nnnc1SCc1nc2scc(-c3ccccc3)c2c(=O)[nH]1. The summed E-state index contributed by atoms with van der Waals surface area (Å²) < 4.78 is 7.02. The van der Waals surface area contributed by atoms with Gasteiger partial charge in [-0.25, -0.2) is 4.98 Å². The molecular weight excluding hydrogens is 432 g/mol. The van der Waals surface area contributed by atoms with Gasteiger partial charge in [-0.05, 0) is 28.1 Å². The van der Waals surface area contributed by atoms with Gasteiger partial charge in [-0.3, -0.25) is 4.79 Å². The van der Waals surface area contributed by atoms with Crippen LogP contribution < -0.4 is 10.3 Å². The van der Waals surface area contributed by atoms with Crippen LogP contribution in [0.4, 0.5) is 0 Å². The van der Waals surface area contributed by atoms with Crippen LogP contribution in [0.15, 0.2) is 69.9 Å². The Hall–Kier alpha value is -3.50. The lowest BCUT2D eigenvalue weighted by Gasteiger charge is -2.08. The van der Waals surface area contributed by atoms with Gasteiger partial charge >= 0.3 is 0 Å². The number of hydrogen-bond acceptors (Lipinski definition) is 8. The first-order chi connectivity index (χ1) is 15.2. The van der Waals surface area contributed by atoms with E-state index in [0.717, 1.165) is 16.8 Å². The molecule has 0 atom stereocenters. The Morgan fingerprint density at radius 3 is 2.77 bits per heavy atom. The molecule has 5 aromatic rings. The summed E-state index contributed by atoms with van der Waals surface area (Å²) in [7, 11) is 1.60. The summed E-state index contributed by atoms with van der Waals surface area (Å²) in [4.78, 5) is 21.1. The molecule has 0 bridgehead atoms. The quantitative estimate of drug-likeness (QED) is 0.393. The number of fused-ring (bicyclic) bond motifs is 1. The molecule has 0 fully saturated rings. The number of rotatable bonds is 6. The van der Waals surface area contributed by atoms with Crippen LogP contribution in [0.1, 0.15) is 5.82 Å². The molecule has 5 rings (SSSR count). The molecule has 0 saturated carbocycles. The first kappa shape index (κ1) is 19.5. The highest BCUT2D eigenvalue weighted by Crippen LogP contribution is 2.31. The number of H-pyrrole nitrogens is 1. The molecular formula is C21H16N6O2S2. The van der Waals surface area contributed by atoms with E-state index >= 15 is 0 Å². The number of para-hydroxylation sites is 2. The first-order valence-corrected chi connectivity index (χ1v) is 11.2. The van der Waals surface area contributed by atoms with Gasteiger partial charge < -0.3 is 9.72 Å². The minimum Gasteiger partial charge on any atom is -0.494 e. The fourth-order valence-electron chi connectivity index (χ4n) is 3.25. The summed E-state index contributed by atoms with van der Waals surface area (Å²) in [6.07, 6.45) is 0. The highest BCUT2D eigenvalue weighted by molar-refractivity contribution is 7.98. The zero-order valence-corrected chi connectivity index (χ0v) is 18.0.